The molecule has 0 amide bonds. The van der Waals surface area contributed by atoms with Crippen molar-refractivity contribution in [2.75, 3.05) is 4.72 Å². The molecule has 1 heterocycles. The summed E-state index contributed by atoms with van der Waals surface area (Å²) in [5, 5.41) is 8.68. The number of carboxylic acids is 1. The Morgan fingerprint density at radius 1 is 1.24 bits per heavy atom. The number of nitrogens with one attached hydrogen (secondary N) is 1. The van der Waals surface area contributed by atoms with E-state index >= 15 is 0 Å². The monoisotopic (exact) mass is 306 g/mol. The molecule has 2 N–H and O–H groups in total. The van der Waals surface area contributed by atoms with Crippen molar-refractivity contribution in [1.29, 1.82) is 0 Å². The van der Waals surface area contributed by atoms with Crippen LogP contribution in [0.1, 0.15) is 11.1 Å². The van der Waals surface area contributed by atoms with E-state index in [9.17, 15) is 13.2 Å². The zero-order valence-corrected chi connectivity index (χ0v) is 12.1. The minimum absolute atomic E-state index is 0.0767. The minimum atomic E-state index is -3.71. The summed E-state index contributed by atoms with van der Waals surface area (Å²) in [6.07, 6.45) is 2.92. The van der Waals surface area contributed by atoms with Gasteiger partial charge in [0.05, 0.1) is 17.0 Å². The molecule has 0 aliphatic carbocycles. The molecule has 0 saturated carbocycles. The van der Waals surface area contributed by atoms with Gasteiger partial charge in [-0.25, -0.2) is 8.42 Å². The van der Waals surface area contributed by atoms with E-state index in [4.69, 9.17) is 5.11 Å². The van der Waals surface area contributed by atoms with Crippen LogP contribution in [0.5, 0.6) is 0 Å². The van der Waals surface area contributed by atoms with Gasteiger partial charge < -0.3 is 5.11 Å². The Hall–Kier alpha value is -2.41. The first-order chi connectivity index (χ1) is 9.88. The van der Waals surface area contributed by atoms with Gasteiger partial charge in [0.25, 0.3) is 10.0 Å². The van der Waals surface area contributed by atoms with Crippen LogP contribution < -0.4 is 4.72 Å². The molecule has 0 atom stereocenters. The highest BCUT2D eigenvalue weighted by atomic mass is 32.2. The summed E-state index contributed by atoms with van der Waals surface area (Å²) in [6.45, 7) is 1.75. The summed E-state index contributed by atoms with van der Waals surface area (Å²) in [6, 6.07) is 7.32. The average molecular weight is 306 g/mol. The van der Waals surface area contributed by atoms with Gasteiger partial charge in [-0.3, -0.25) is 14.5 Å². The van der Waals surface area contributed by atoms with Crippen molar-refractivity contribution >= 4 is 21.7 Å². The molecule has 0 aliphatic rings. The molecule has 7 heteroatoms. The number of benzene rings is 1. The second kappa shape index (κ2) is 5.92. The Kier molecular flexibility index (Phi) is 4.23. The van der Waals surface area contributed by atoms with Crippen LogP contribution >= 0.6 is 0 Å². The van der Waals surface area contributed by atoms with E-state index in [0.29, 0.717) is 16.8 Å². The number of hydrogen-bond acceptors (Lipinski definition) is 4. The van der Waals surface area contributed by atoms with Crippen LogP contribution in [0, 0.1) is 6.92 Å². The van der Waals surface area contributed by atoms with E-state index in [-0.39, 0.29) is 11.3 Å². The van der Waals surface area contributed by atoms with Gasteiger partial charge >= 0.3 is 5.97 Å². The number of pyridine rings is 1. The number of anilines is 1. The van der Waals surface area contributed by atoms with Crippen molar-refractivity contribution < 1.29 is 18.3 Å². The molecule has 0 radical (unpaired) electrons. The molecule has 0 spiro atoms. The highest BCUT2D eigenvalue weighted by molar-refractivity contribution is 7.92. The summed E-state index contributed by atoms with van der Waals surface area (Å²) in [4.78, 5) is 14.6. The molecule has 110 valence electrons. The molecular formula is C14H14N2O4S. The molecule has 2 aromatic rings. The van der Waals surface area contributed by atoms with E-state index in [1.807, 2.05) is 0 Å². The molecule has 6 nitrogen and oxygen atoms in total. The molecule has 0 unspecified atom stereocenters. The van der Waals surface area contributed by atoms with E-state index in [1.165, 1.54) is 30.5 Å². The van der Waals surface area contributed by atoms with Crippen LogP contribution in [0.4, 0.5) is 5.69 Å². The fourth-order valence-electron chi connectivity index (χ4n) is 1.75. The minimum Gasteiger partial charge on any atom is -0.481 e. The molecule has 0 aliphatic heterocycles. The van der Waals surface area contributed by atoms with Gasteiger partial charge in [0.15, 0.2) is 0 Å². The van der Waals surface area contributed by atoms with Crippen molar-refractivity contribution in [3.8, 4) is 0 Å². The standard InChI is InChI=1S/C14H14N2O4S/c1-10-9-15-7-6-13(10)16-21(19,20)12-4-2-11(3-5-12)8-14(17)18/h2-7,9H,8H2,1H3,(H,15,16)(H,17,18). The van der Waals surface area contributed by atoms with Crippen LogP contribution in [0.25, 0.3) is 0 Å². The predicted molar refractivity (Wildman–Crippen MR) is 77.6 cm³/mol. The van der Waals surface area contributed by atoms with Crippen molar-refractivity contribution in [2.24, 2.45) is 0 Å². The van der Waals surface area contributed by atoms with E-state index in [2.05, 4.69) is 9.71 Å². The lowest BCUT2D eigenvalue weighted by Gasteiger charge is -2.10. The first kappa shape index (κ1) is 15.0. The van der Waals surface area contributed by atoms with Crippen LogP contribution in [-0.2, 0) is 21.2 Å². The number of aromatic nitrogens is 1. The average Bonchev–Trinajstić information content (AvgIpc) is 2.41. The number of aliphatic carboxylic acids is 1. The third kappa shape index (κ3) is 3.79. The maximum absolute atomic E-state index is 12.2. The van der Waals surface area contributed by atoms with Crippen LogP contribution in [0.15, 0.2) is 47.6 Å². The maximum atomic E-state index is 12.2. The van der Waals surface area contributed by atoms with Crippen LogP contribution in [0.2, 0.25) is 0 Å². The third-order valence-electron chi connectivity index (χ3n) is 2.85. The van der Waals surface area contributed by atoms with Gasteiger partial charge in [0.2, 0.25) is 0 Å². The molecule has 2 rings (SSSR count). The van der Waals surface area contributed by atoms with Crippen molar-refractivity contribution in [2.45, 2.75) is 18.2 Å². The van der Waals surface area contributed by atoms with Gasteiger partial charge in [0, 0.05) is 12.4 Å². The Labute approximate surface area is 122 Å². The van der Waals surface area contributed by atoms with Crippen LogP contribution in [0.3, 0.4) is 0 Å². The number of sulfonamides is 1. The van der Waals surface area contributed by atoms with Crippen molar-refractivity contribution in [3.63, 3.8) is 0 Å². The molecular weight excluding hydrogens is 292 g/mol. The second-order valence-electron chi connectivity index (χ2n) is 4.51. The normalized spacial score (nSPS) is 11.1. The highest BCUT2D eigenvalue weighted by Gasteiger charge is 2.15. The SMILES string of the molecule is Cc1cnccc1NS(=O)(=O)c1ccc(CC(=O)O)cc1. The molecule has 1 aromatic carbocycles. The van der Waals surface area contributed by atoms with Crippen molar-refractivity contribution in [3.05, 3.63) is 53.9 Å². The second-order valence-corrected chi connectivity index (χ2v) is 6.19. The number of carbonyl (C=O) groups is 1. The predicted octanol–water partition coefficient (Wildman–Crippen LogP) is 1.82. The number of nitrogens with zero attached hydrogens (tertiary/aromatic N) is 1. The van der Waals surface area contributed by atoms with Crippen LogP contribution in [-0.4, -0.2) is 24.5 Å². The maximum Gasteiger partial charge on any atom is 0.307 e. The Balaban J connectivity index is 2.24. The summed E-state index contributed by atoms with van der Waals surface area (Å²) >= 11 is 0. The van der Waals surface area contributed by atoms with E-state index < -0.39 is 16.0 Å². The summed E-state index contributed by atoms with van der Waals surface area (Å²) in [5.41, 5.74) is 1.71. The zero-order valence-electron chi connectivity index (χ0n) is 11.3. The lowest BCUT2D eigenvalue weighted by atomic mass is 10.2. The quantitative estimate of drug-likeness (QED) is 0.878. The molecule has 0 saturated heterocycles. The van der Waals surface area contributed by atoms with Crippen molar-refractivity contribution in [1.82, 2.24) is 4.98 Å². The lowest BCUT2D eigenvalue weighted by Crippen LogP contribution is -2.14. The first-order valence-corrected chi connectivity index (χ1v) is 7.61. The van der Waals surface area contributed by atoms with Gasteiger partial charge in [0.1, 0.15) is 0 Å². The largest absolute Gasteiger partial charge is 0.481 e. The first-order valence-electron chi connectivity index (χ1n) is 6.12. The molecule has 21 heavy (non-hydrogen) atoms. The summed E-state index contributed by atoms with van der Waals surface area (Å²) < 4.78 is 27.0. The number of carboxylic acid groups (broad SMARTS) is 1. The van der Waals surface area contributed by atoms with Gasteiger partial charge in [-0.1, -0.05) is 12.1 Å². The number of aryl methyl sites for hydroxylation is 1. The Morgan fingerprint density at radius 2 is 1.90 bits per heavy atom. The Morgan fingerprint density at radius 3 is 2.48 bits per heavy atom. The fraction of sp³-hybridized carbons (Fsp3) is 0.143. The van der Waals surface area contributed by atoms with E-state index in [0.717, 1.165) is 0 Å². The third-order valence-corrected chi connectivity index (χ3v) is 4.24. The molecule has 0 bridgehead atoms. The van der Waals surface area contributed by atoms with Gasteiger partial charge in [-0.15, -0.1) is 0 Å². The summed E-state index contributed by atoms with van der Waals surface area (Å²) in [5.74, 6) is -0.962. The molecule has 0 fully saturated rings. The lowest BCUT2D eigenvalue weighted by molar-refractivity contribution is -0.136. The number of hydrogen-bond donors (Lipinski definition) is 2. The zero-order chi connectivity index (χ0) is 15.5. The number of rotatable bonds is 5. The highest BCUT2D eigenvalue weighted by Crippen LogP contribution is 2.19. The molecule has 1 aromatic heterocycles. The van der Waals surface area contributed by atoms with Gasteiger partial charge in [-0.2, -0.15) is 0 Å². The Bertz CT molecular complexity index is 755. The fourth-order valence-corrected chi connectivity index (χ4v) is 2.88. The topological polar surface area (TPSA) is 96.4 Å². The van der Waals surface area contributed by atoms with E-state index in [1.54, 1.807) is 19.2 Å². The van der Waals surface area contributed by atoms with Gasteiger partial charge in [-0.05, 0) is 36.2 Å². The smallest absolute Gasteiger partial charge is 0.307 e. The summed E-state index contributed by atoms with van der Waals surface area (Å²) in [7, 11) is -3.71.